The van der Waals surface area contributed by atoms with Gasteiger partial charge in [-0.05, 0) is 37.5 Å². The van der Waals surface area contributed by atoms with Crippen molar-refractivity contribution in [3.8, 4) is 5.75 Å². The number of anilines is 1. The number of nitrogens with zero attached hydrogens (tertiary/aromatic N) is 2. The molecule has 1 aliphatic carbocycles. The molecule has 28 heavy (non-hydrogen) atoms. The quantitative estimate of drug-likeness (QED) is 0.833. The molecular formula is C23H29N3O2. The molecule has 0 aromatic heterocycles. The first-order chi connectivity index (χ1) is 13.6. The van der Waals surface area contributed by atoms with Gasteiger partial charge in [-0.2, -0.15) is 0 Å². The van der Waals surface area contributed by atoms with Crippen molar-refractivity contribution < 1.29 is 9.53 Å². The smallest absolute Gasteiger partial charge is 0.317 e. The summed E-state index contributed by atoms with van der Waals surface area (Å²) >= 11 is 0. The highest BCUT2D eigenvalue weighted by atomic mass is 16.5. The number of nitrogens with one attached hydrogen (secondary N) is 1. The van der Waals surface area contributed by atoms with Gasteiger partial charge < -0.3 is 19.9 Å². The lowest BCUT2D eigenvalue weighted by atomic mass is 9.96. The Labute approximate surface area is 167 Å². The minimum absolute atomic E-state index is 0.0328. The van der Waals surface area contributed by atoms with Crippen molar-refractivity contribution in [2.75, 3.05) is 38.1 Å². The van der Waals surface area contributed by atoms with E-state index in [1.165, 1.54) is 5.56 Å². The lowest BCUT2D eigenvalue weighted by molar-refractivity contribution is 0.145. The third kappa shape index (κ3) is 3.79. The predicted octanol–water partition coefficient (Wildman–Crippen LogP) is 3.65. The Balaban J connectivity index is 1.33. The Kier molecular flexibility index (Phi) is 5.16. The molecule has 1 saturated carbocycles. The summed E-state index contributed by atoms with van der Waals surface area (Å²) in [6.45, 7) is 5.12. The van der Waals surface area contributed by atoms with Gasteiger partial charge in [-0.15, -0.1) is 0 Å². The SMILES string of the molecule is CCN1C[C@H](CN(C)C(=O)NCC2(c3ccccc3)CC2)Oc2ccccc21. The Morgan fingerprint density at radius 3 is 2.61 bits per heavy atom. The van der Waals surface area contributed by atoms with Crippen LogP contribution in [0.1, 0.15) is 25.3 Å². The second-order valence-electron chi connectivity index (χ2n) is 7.93. The number of rotatable bonds is 6. The number of para-hydroxylation sites is 2. The van der Waals surface area contributed by atoms with Crippen LogP contribution in [0.25, 0.3) is 0 Å². The molecule has 148 valence electrons. The van der Waals surface area contributed by atoms with Crippen molar-refractivity contribution >= 4 is 11.7 Å². The van der Waals surface area contributed by atoms with Crippen LogP contribution in [-0.4, -0.2) is 50.3 Å². The lowest BCUT2D eigenvalue weighted by Gasteiger charge is -2.37. The molecule has 0 radical (unpaired) electrons. The van der Waals surface area contributed by atoms with Crippen molar-refractivity contribution in [3.05, 3.63) is 60.2 Å². The van der Waals surface area contributed by atoms with Crippen LogP contribution in [0, 0.1) is 0 Å². The first kappa shape index (κ1) is 18.7. The molecule has 5 nitrogen and oxygen atoms in total. The maximum Gasteiger partial charge on any atom is 0.317 e. The van der Waals surface area contributed by atoms with Crippen molar-refractivity contribution in [1.82, 2.24) is 10.2 Å². The molecule has 0 bridgehead atoms. The summed E-state index contributed by atoms with van der Waals surface area (Å²) in [6.07, 6.45) is 2.24. The topological polar surface area (TPSA) is 44.8 Å². The van der Waals surface area contributed by atoms with Gasteiger partial charge in [-0.25, -0.2) is 4.79 Å². The first-order valence-corrected chi connectivity index (χ1v) is 10.2. The molecule has 2 aliphatic rings. The Hall–Kier alpha value is -2.69. The van der Waals surface area contributed by atoms with E-state index in [2.05, 4.69) is 47.5 Å². The maximum absolute atomic E-state index is 12.7. The van der Waals surface area contributed by atoms with Crippen LogP contribution in [0.4, 0.5) is 10.5 Å². The molecule has 1 N–H and O–H groups in total. The largest absolute Gasteiger partial charge is 0.485 e. The zero-order chi connectivity index (χ0) is 19.6. The van der Waals surface area contributed by atoms with E-state index in [0.29, 0.717) is 13.1 Å². The minimum atomic E-state index is -0.0345. The molecule has 1 fully saturated rings. The number of hydrogen-bond donors (Lipinski definition) is 1. The first-order valence-electron chi connectivity index (χ1n) is 10.2. The van der Waals surface area contributed by atoms with E-state index in [1.807, 2.05) is 31.3 Å². The van der Waals surface area contributed by atoms with Crippen molar-refractivity contribution in [2.45, 2.75) is 31.3 Å². The monoisotopic (exact) mass is 379 g/mol. The fourth-order valence-corrected chi connectivity index (χ4v) is 4.05. The van der Waals surface area contributed by atoms with Crippen LogP contribution < -0.4 is 15.0 Å². The molecule has 1 heterocycles. The highest BCUT2D eigenvalue weighted by molar-refractivity contribution is 5.74. The lowest BCUT2D eigenvalue weighted by Crippen LogP contribution is -2.49. The van der Waals surface area contributed by atoms with E-state index in [4.69, 9.17) is 4.74 Å². The molecule has 5 heteroatoms. The summed E-state index contributed by atoms with van der Waals surface area (Å²) in [6, 6.07) is 18.6. The number of fused-ring (bicyclic) bond motifs is 1. The summed E-state index contributed by atoms with van der Waals surface area (Å²) in [5.41, 5.74) is 2.58. The Bertz CT molecular complexity index is 820. The van der Waals surface area contributed by atoms with E-state index in [0.717, 1.165) is 37.4 Å². The highest BCUT2D eigenvalue weighted by Gasteiger charge is 2.44. The summed E-state index contributed by atoms with van der Waals surface area (Å²) in [5, 5.41) is 3.14. The third-order valence-electron chi connectivity index (χ3n) is 5.95. The van der Waals surface area contributed by atoms with Gasteiger partial charge in [-0.3, -0.25) is 0 Å². The molecule has 2 aromatic carbocycles. The van der Waals surface area contributed by atoms with Crippen LogP contribution in [0.3, 0.4) is 0 Å². The Morgan fingerprint density at radius 2 is 1.89 bits per heavy atom. The predicted molar refractivity (Wildman–Crippen MR) is 112 cm³/mol. The highest BCUT2D eigenvalue weighted by Crippen LogP contribution is 2.47. The average molecular weight is 380 g/mol. The minimum Gasteiger partial charge on any atom is -0.485 e. The summed E-state index contributed by atoms with van der Waals surface area (Å²) in [7, 11) is 1.84. The Morgan fingerprint density at radius 1 is 1.18 bits per heavy atom. The zero-order valence-electron chi connectivity index (χ0n) is 16.7. The van der Waals surface area contributed by atoms with Crippen LogP contribution in [0.5, 0.6) is 5.75 Å². The van der Waals surface area contributed by atoms with Gasteiger partial charge in [0.2, 0.25) is 0 Å². The molecule has 1 aliphatic heterocycles. The normalized spacial score (nSPS) is 19.4. The molecule has 1 atom stereocenters. The molecule has 2 amide bonds. The second-order valence-corrected chi connectivity index (χ2v) is 7.93. The molecule has 0 saturated heterocycles. The fraction of sp³-hybridized carbons (Fsp3) is 0.435. The van der Waals surface area contributed by atoms with Gasteiger partial charge in [0.1, 0.15) is 11.9 Å². The number of amides is 2. The van der Waals surface area contributed by atoms with Crippen LogP contribution >= 0.6 is 0 Å². The molecule has 0 unspecified atom stereocenters. The van der Waals surface area contributed by atoms with Gasteiger partial charge in [0.05, 0.1) is 18.8 Å². The van der Waals surface area contributed by atoms with Gasteiger partial charge in [-0.1, -0.05) is 42.5 Å². The molecule has 0 spiro atoms. The molecule has 4 rings (SSSR count). The number of likely N-dealkylation sites (N-methyl/N-ethyl adjacent to an activating group) is 2. The van der Waals surface area contributed by atoms with E-state index in [1.54, 1.807) is 4.90 Å². The van der Waals surface area contributed by atoms with E-state index < -0.39 is 0 Å². The van der Waals surface area contributed by atoms with E-state index >= 15 is 0 Å². The van der Waals surface area contributed by atoms with Crippen molar-refractivity contribution in [3.63, 3.8) is 0 Å². The summed E-state index contributed by atoms with van der Waals surface area (Å²) in [4.78, 5) is 16.7. The van der Waals surface area contributed by atoms with Crippen LogP contribution in [0.15, 0.2) is 54.6 Å². The van der Waals surface area contributed by atoms with E-state index in [-0.39, 0.29) is 17.6 Å². The van der Waals surface area contributed by atoms with Crippen molar-refractivity contribution in [1.29, 1.82) is 0 Å². The van der Waals surface area contributed by atoms with Gasteiger partial charge in [0.15, 0.2) is 0 Å². The number of carbonyl (C=O) groups is 1. The zero-order valence-corrected chi connectivity index (χ0v) is 16.7. The third-order valence-corrected chi connectivity index (χ3v) is 5.95. The van der Waals surface area contributed by atoms with Crippen LogP contribution in [-0.2, 0) is 5.41 Å². The van der Waals surface area contributed by atoms with Crippen LogP contribution in [0.2, 0.25) is 0 Å². The number of benzene rings is 2. The number of hydrogen-bond acceptors (Lipinski definition) is 3. The standard InChI is InChI=1S/C23H29N3O2/c1-3-26-16-19(28-21-12-8-7-11-20(21)26)15-25(2)22(27)24-17-23(13-14-23)18-9-5-4-6-10-18/h4-12,19H,3,13-17H2,1-2H3,(H,24,27)/t19-/m0/s1. The van der Waals surface area contributed by atoms with Crippen molar-refractivity contribution in [2.24, 2.45) is 0 Å². The molecular weight excluding hydrogens is 350 g/mol. The summed E-state index contributed by atoms with van der Waals surface area (Å²) in [5.74, 6) is 0.899. The number of urea groups is 1. The number of carbonyl (C=O) groups excluding carboxylic acids is 1. The average Bonchev–Trinajstić information content (AvgIpc) is 3.53. The van der Waals surface area contributed by atoms with Gasteiger partial charge in [0.25, 0.3) is 0 Å². The number of ether oxygens (including phenoxy) is 1. The fourth-order valence-electron chi connectivity index (χ4n) is 4.05. The van der Waals surface area contributed by atoms with Gasteiger partial charge in [0, 0.05) is 25.6 Å². The summed E-state index contributed by atoms with van der Waals surface area (Å²) < 4.78 is 6.15. The van der Waals surface area contributed by atoms with E-state index in [9.17, 15) is 4.79 Å². The second kappa shape index (κ2) is 7.74. The maximum atomic E-state index is 12.7. The molecule has 2 aromatic rings. The van der Waals surface area contributed by atoms with Gasteiger partial charge >= 0.3 is 6.03 Å².